The number of aryl methyl sites for hydroxylation is 2. The van der Waals surface area contributed by atoms with Crippen molar-refractivity contribution in [2.24, 2.45) is 7.05 Å². The fourth-order valence-corrected chi connectivity index (χ4v) is 0.986. The Hall–Kier alpha value is -1.12. The summed E-state index contributed by atoms with van der Waals surface area (Å²) >= 11 is 0. The van der Waals surface area contributed by atoms with Crippen LogP contribution >= 0.6 is 0 Å². The lowest BCUT2D eigenvalue weighted by Crippen LogP contribution is -2.24. The van der Waals surface area contributed by atoms with Gasteiger partial charge in [0.1, 0.15) is 11.3 Å². The molecule has 1 N–H and O–H groups in total. The minimum atomic E-state index is 0.551. The lowest BCUT2D eigenvalue weighted by atomic mass is 10.2. The molecule has 1 aromatic rings. The minimum absolute atomic E-state index is 0.551. The van der Waals surface area contributed by atoms with E-state index < -0.39 is 0 Å². The predicted molar refractivity (Wildman–Crippen MR) is 43.3 cm³/mol. The maximum absolute atomic E-state index is 7.65. The zero-order chi connectivity index (χ0) is 8.59. The smallest absolute Gasteiger partial charge is 0.130 e. The van der Waals surface area contributed by atoms with Gasteiger partial charge in [0.05, 0.1) is 0 Å². The van der Waals surface area contributed by atoms with Crippen LogP contribution in [0.1, 0.15) is 17.1 Å². The van der Waals surface area contributed by atoms with Gasteiger partial charge in [-0.1, -0.05) is 0 Å². The quantitative estimate of drug-likeness (QED) is 0.586. The Labute approximate surface area is 66.2 Å². The highest BCUT2D eigenvalue weighted by Crippen LogP contribution is 1.96. The van der Waals surface area contributed by atoms with Crippen LogP contribution in [0.15, 0.2) is 0 Å². The van der Waals surface area contributed by atoms with Gasteiger partial charge in [0.15, 0.2) is 0 Å². The van der Waals surface area contributed by atoms with Gasteiger partial charge in [0.25, 0.3) is 0 Å². The zero-order valence-electron chi connectivity index (χ0n) is 7.39. The Morgan fingerprint density at radius 3 is 2.36 bits per heavy atom. The van der Waals surface area contributed by atoms with Crippen LogP contribution in [-0.4, -0.2) is 9.55 Å². The number of nitrogens with zero attached hydrogens (tertiary/aromatic N) is 2. The van der Waals surface area contributed by atoms with Crippen LogP contribution in [0.3, 0.4) is 0 Å². The Morgan fingerprint density at radius 2 is 1.82 bits per heavy atom. The molecule has 0 aliphatic rings. The van der Waals surface area contributed by atoms with Gasteiger partial charge in [0, 0.05) is 18.3 Å². The molecule has 0 aliphatic carbocycles. The molecule has 11 heavy (non-hydrogen) atoms. The molecule has 3 heteroatoms. The molecular formula is C8H13N3. The zero-order valence-corrected chi connectivity index (χ0v) is 7.39. The Balaban J connectivity index is 3.59. The average Bonchev–Trinajstić information content (AvgIpc) is 1.97. The summed E-state index contributed by atoms with van der Waals surface area (Å²) in [7, 11) is 1.86. The molecule has 1 rings (SSSR count). The molecule has 3 nitrogen and oxygen atoms in total. The first-order chi connectivity index (χ1) is 5.04. The van der Waals surface area contributed by atoms with Gasteiger partial charge in [0.2, 0.25) is 0 Å². The summed E-state index contributed by atoms with van der Waals surface area (Å²) in [5, 5.41) is 7.65. The maximum Gasteiger partial charge on any atom is 0.130 e. The first-order valence-corrected chi connectivity index (χ1v) is 3.59. The highest BCUT2D eigenvalue weighted by Gasteiger charge is 2.00. The fraction of sp³-hybridized carbons (Fsp3) is 0.500. The van der Waals surface area contributed by atoms with Gasteiger partial charge >= 0.3 is 0 Å². The summed E-state index contributed by atoms with van der Waals surface area (Å²) in [4.78, 5) is 4.28. The summed E-state index contributed by atoms with van der Waals surface area (Å²) < 4.78 is 1.78. The van der Waals surface area contributed by atoms with Gasteiger partial charge in [-0.2, -0.15) is 0 Å². The topological polar surface area (TPSA) is 41.7 Å². The van der Waals surface area contributed by atoms with Gasteiger partial charge in [-0.25, -0.2) is 4.98 Å². The van der Waals surface area contributed by atoms with Crippen LogP contribution < -0.4 is 5.49 Å². The monoisotopic (exact) mass is 151 g/mol. The van der Waals surface area contributed by atoms with Gasteiger partial charge < -0.3 is 4.57 Å². The number of nitrogens with one attached hydrogen (secondary N) is 1. The molecule has 0 bridgehead atoms. The SMILES string of the molecule is Cc1nc(C)n(C)c(=N)c1C. The van der Waals surface area contributed by atoms with E-state index in [0.29, 0.717) is 5.49 Å². The van der Waals surface area contributed by atoms with Crippen molar-refractivity contribution in [3.8, 4) is 0 Å². The highest BCUT2D eigenvalue weighted by atomic mass is 15.0. The molecular weight excluding hydrogens is 138 g/mol. The van der Waals surface area contributed by atoms with E-state index in [1.54, 1.807) is 4.57 Å². The molecule has 0 aromatic carbocycles. The van der Waals surface area contributed by atoms with E-state index in [-0.39, 0.29) is 0 Å². The van der Waals surface area contributed by atoms with Gasteiger partial charge in [-0.3, -0.25) is 5.41 Å². The van der Waals surface area contributed by atoms with Crippen molar-refractivity contribution in [1.82, 2.24) is 9.55 Å². The maximum atomic E-state index is 7.65. The molecule has 0 atom stereocenters. The second-order valence-corrected chi connectivity index (χ2v) is 2.78. The van der Waals surface area contributed by atoms with Gasteiger partial charge in [-0.15, -0.1) is 0 Å². The molecule has 0 radical (unpaired) electrons. The lowest BCUT2D eigenvalue weighted by Gasteiger charge is -2.07. The van der Waals surface area contributed by atoms with E-state index in [1.165, 1.54) is 0 Å². The summed E-state index contributed by atoms with van der Waals surface area (Å²) in [6.07, 6.45) is 0. The summed E-state index contributed by atoms with van der Waals surface area (Å²) in [5.41, 5.74) is 2.46. The fourth-order valence-electron chi connectivity index (χ4n) is 0.986. The minimum Gasteiger partial charge on any atom is -0.318 e. The third-order valence-electron chi connectivity index (χ3n) is 2.05. The van der Waals surface area contributed by atoms with E-state index in [1.807, 2.05) is 27.8 Å². The van der Waals surface area contributed by atoms with E-state index in [0.717, 1.165) is 17.1 Å². The first kappa shape index (κ1) is 7.98. The molecule has 0 fully saturated rings. The molecule has 0 unspecified atom stereocenters. The Morgan fingerprint density at radius 1 is 1.27 bits per heavy atom. The first-order valence-electron chi connectivity index (χ1n) is 3.59. The third kappa shape index (κ3) is 1.18. The van der Waals surface area contributed by atoms with Crippen molar-refractivity contribution in [3.63, 3.8) is 0 Å². The number of aromatic nitrogens is 2. The van der Waals surface area contributed by atoms with Crippen LogP contribution in [0.4, 0.5) is 0 Å². The van der Waals surface area contributed by atoms with Crippen LogP contribution in [0.25, 0.3) is 0 Å². The third-order valence-corrected chi connectivity index (χ3v) is 2.05. The Bertz CT molecular complexity index is 307. The van der Waals surface area contributed by atoms with Gasteiger partial charge in [-0.05, 0) is 20.8 Å². The van der Waals surface area contributed by atoms with Crippen molar-refractivity contribution in [3.05, 3.63) is 22.6 Å². The van der Waals surface area contributed by atoms with Crippen LogP contribution in [0.5, 0.6) is 0 Å². The highest BCUT2D eigenvalue weighted by molar-refractivity contribution is 5.13. The molecule has 0 saturated carbocycles. The molecule has 0 aliphatic heterocycles. The predicted octanol–water partition coefficient (Wildman–Crippen LogP) is 0.825. The molecule has 1 aromatic heterocycles. The van der Waals surface area contributed by atoms with Crippen LogP contribution in [0.2, 0.25) is 0 Å². The molecule has 0 saturated heterocycles. The number of hydrogen-bond acceptors (Lipinski definition) is 2. The van der Waals surface area contributed by atoms with Crippen molar-refractivity contribution >= 4 is 0 Å². The standard InChI is InChI=1S/C8H13N3/c1-5-6(2)10-7(3)11(4)8(5)9/h9H,1-4H3. The van der Waals surface area contributed by atoms with Crippen LogP contribution in [0, 0.1) is 26.2 Å². The molecule has 0 spiro atoms. The lowest BCUT2D eigenvalue weighted by molar-refractivity contribution is 0.723. The molecule has 1 heterocycles. The van der Waals surface area contributed by atoms with Crippen LogP contribution in [-0.2, 0) is 7.05 Å². The molecule has 0 amide bonds. The van der Waals surface area contributed by atoms with Crippen molar-refractivity contribution < 1.29 is 0 Å². The molecule has 60 valence electrons. The number of rotatable bonds is 0. The second kappa shape index (κ2) is 2.49. The van der Waals surface area contributed by atoms with E-state index in [4.69, 9.17) is 5.41 Å². The van der Waals surface area contributed by atoms with E-state index in [2.05, 4.69) is 4.98 Å². The largest absolute Gasteiger partial charge is 0.318 e. The summed E-state index contributed by atoms with van der Waals surface area (Å²) in [5.74, 6) is 0.887. The van der Waals surface area contributed by atoms with E-state index >= 15 is 0 Å². The average molecular weight is 151 g/mol. The summed E-state index contributed by atoms with van der Waals surface area (Å²) in [6, 6.07) is 0. The Kier molecular flexibility index (Phi) is 1.81. The van der Waals surface area contributed by atoms with Crippen molar-refractivity contribution in [2.45, 2.75) is 20.8 Å². The normalized spacial score (nSPS) is 10.2. The van der Waals surface area contributed by atoms with E-state index in [9.17, 15) is 0 Å². The van der Waals surface area contributed by atoms with Crippen molar-refractivity contribution in [2.75, 3.05) is 0 Å². The second-order valence-electron chi connectivity index (χ2n) is 2.78. The number of hydrogen-bond donors (Lipinski definition) is 1. The van der Waals surface area contributed by atoms with Crippen molar-refractivity contribution in [1.29, 1.82) is 5.41 Å². The summed E-state index contributed by atoms with van der Waals surface area (Å²) in [6.45, 7) is 5.76.